The van der Waals surface area contributed by atoms with E-state index < -0.39 is 0 Å². The van der Waals surface area contributed by atoms with E-state index in [0.29, 0.717) is 0 Å². The van der Waals surface area contributed by atoms with Crippen molar-refractivity contribution >= 4 is 0 Å². The molecule has 0 bridgehead atoms. The van der Waals surface area contributed by atoms with E-state index in [1.807, 2.05) is 11.0 Å². The summed E-state index contributed by atoms with van der Waals surface area (Å²) in [7, 11) is 0. The summed E-state index contributed by atoms with van der Waals surface area (Å²) in [6.45, 7) is 8.83. The SMILES string of the molecule is CC1CCCC([NH+]2CC[NH+](Cc3ccco3)CC2)C1. The van der Waals surface area contributed by atoms with Crippen LogP contribution in [0.3, 0.4) is 0 Å². The van der Waals surface area contributed by atoms with E-state index in [1.54, 1.807) is 11.2 Å². The lowest BCUT2D eigenvalue weighted by Gasteiger charge is -2.37. The fraction of sp³-hybridized carbons (Fsp3) is 0.750. The van der Waals surface area contributed by atoms with E-state index >= 15 is 0 Å². The molecule has 1 aromatic heterocycles. The number of quaternary nitrogens is 2. The van der Waals surface area contributed by atoms with E-state index in [-0.39, 0.29) is 0 Å². The number of nitrogens with one attached hydrogen (secondary N) is 2. The summed E-state index contributed by atoms with van der Waals surface area (Å²) >= 11 is 0. The molecule has 0 amide bonds. The predicted octanol–water partition coefficient (Wildman–Crippen LogP) is 0.142. The molecule has 1 aromatic rings. The van der Waals surface area contributed by atoms with Crippen LogP contribution in [0.15, 0.2) is 22.8 Å². The van der Waals surface area contributed by atoms with E-state index in [0.717, 1.165) is 24.3 Å². The molecular weight excluding hydrogens is 236 g/mol. The van der Waals surface area contributed by atoms with Gasteiger partial charge in [-0.2, -0.15) is 0 Å². The molecule has 2 atom stereocenters. The summed E-state index contributed by atoms with van der Waals surface area (Å²) in [5.41, 5.74) is 0. The molecule has 0 aromatic carbocycles. The molecule has 2 fully saturated rings. The minimum atomic E-state index is 0.953. The quantitative estimate of drug-likeness (QED) is 0.797. The molecule has 1 saturated heterocycles. The summed E-state index contributed by atoms with van der Waals surface area (Å²) in [6, 6.07) is 5.06. The molecule has 1 aliphatic carbocycles. The molecule has 0 radical (unpaired) electrons. The fourth-order valence-corrected chi connectivity index (χ4v) is 3.97. The van der Waals surface area contributed by atoms with Gasteiger partial charge < -0.3 is 14.2 Å². The summed E-state index contributed by atoms with van der Waals surface area (Å²) < 4.78 is 5.47. The zero-order valence-electron chi connectivity index (χ0n) is 12.2. The first-order chi connectivity index (χ1) is 9.31. The molecule has 3 heteroatoms. The smallest absolute Gasteiger partial charge is 0.157 e. The van der Waals surface area contributed by atoms with Crippen molar-refractivity contribution in [3.05, 3.63) is 24.2 Å². The minimum absolute atomic E-state index is 0.953. The van der Waals surface area contributed by atoms with Gasteiger partial charge >= 0.3 is 0 Å². The Morgan fingerprint density at radius 1 is 1.21 bits per heavy atom. The highest BCUT2D eigenvalue weighted by Gasteiger charge is 2.32. The van der Waals surface area contributed by atoms with Gasteiger partial charge in [0.15, 0.2) is 5.76 Å². The van der Waals surface area contributed by atoms with Crippen LogP contribution in [0.5, 0.6) is 0 Å². The number of furan rings is 1. The molecule has 19 heavy (non-hydrogen) atoms. The minimum Gasteiger partial charge on any atom is -0.463 e. The average Bonchev–Trinajstić information content (AvgIpc) is 2.92. The van der Waals surface area contributed by atoms with Crippen LogP contribution < -0.4 is 9.80 Å². The topological polar surface area (TPSA) is 22.0 Å². The maximum absolute atomic E-state index is 5.47. The van der Waals surface area contributed by atoms with Crippen LogP contribution in [0.1, 0.15) is 38.4 Å². The number of rotatable bonds is 3. The Balaban J connectivity index is 1.46. The lowest BCUT2D eigenvalue weighted by molar-refractivity contribution is -1.03. The average molecular weight is 264 g/mol. The van der Waals surface area contributed by atoms with Gasteiger partial charge in [0.2, 0.25) is 0 Å². The van der Waals surface area contributed by atoms with Crippen LogP contribution in [0, 0.1) is 5.92 Å². The third kappa shape index (κ3) is 3.40. The Bertz CT molecular complexity index is 368. The highest BCUT2D eigenvalue weighted by atomic mass is 16.3. The van der Waals surface area contributed by atoms with Crippen molar-refractivity contribution in [1.82, 2.24) is 0 Å². The monoisotopic (exact) mass is 264 g/mol. The molecule has 2 aliphatic rings. The van der Waals surface area contributed by atoms with Crippen LogP contribution in [-0.2, 0) is 6.54 Å². The summed E-state index contributed by atoms with van der Waals surface area (Å²) in [5.74, 6) is 2.10. The summed E-state index contributed by atoms with van der Waals surface area (Å²) in [6.07, 6.45) is 7.63. The highest BCUT2D eigenvalue weighted by molar-refractivity contribution is 4.95. The van der Waals surface area contributed by atoms with Crippen molar-refractivity contribution in [2.45, 2.75) is 45.2 Å². The van der Waals surface area contributed by atoms with Gasteiger partial charge in [-0.1, -0.05) is 13.3 Å². The van der Waals surface area contributed by atoms with Gasteiger partial charge in [0.05, 0.1) is 12.3 Å². The first kappa shape index (κ1) is 13.2. The third-order valence-corrected chi connectivity index (χ3v) is 5.12. The lowest BCUT2D eigenvalue weighted by Crippen LogP contribution is -3.29. The van der Waals surface area contributed by atoms with Crippen molar-refractivity contribution < 1.29 is 14.2 Å². The predicted molar refractivity (Wildman–Crippen MR) is 75.2 cm³/mol. The van der Waals surface area contributed by atoms with Crippen molar-refractivity contribution in [3.63, 3.8) is 0 Å². The van der Waals surface area contributed by atoms with E-state index in [1.165, 1.54) is 51.9 Å². The molecule has 3 rings (SSSR count). The second-order valence-electron chi connectivity index (χ2n) is 6.63. The maximum atomic E-state index is 5.47. The first-order valence-electron chi connectivity index (χ1n) is 8.02. The van der Waals surface area contributed by atoms with Gasteiger partial charge in [-0.05, 0) is 30.9 Å². The number of piperazine rings is 1. The highest BCUT2D eigenvalue weighted by Crippen LogP contribution is 2.21. The van der Waals surface area contributed by atoms with Crippen molar-refractivity contribution in [3.8, 4) is 0 Å². The second kappa shape index (κ2) is 6.10. The van der Waals surface area contributed by atoms with E-state index in [9.17, 15) is 0 Å². The summed E-state index contributed by atoms with van der Waals surface area (Å²) in [4.78, 5) is 3.58. The van der Waals surface area contributed by atoms with Crippen LogP contribution in [0.25, 0.3) is 0 Å². The van der Waals surface area contributed by atoms with Gasteiger partial charge in [0, 0.05) is 6.42 Å². The molecule has 3 nitrogen and oxygen atoms in total. The van der Waals surface area contributed by atoms with Gasteiger partial charge in [-0.3, -0.25) is 0 Å². The molecule has 106 valence electrons. The largest absolute Gasteiger partial charge is 0.463 e. The van der Waals surface area contributed by atoms with E-state index in [4.69, 9.17) is 4.42 Å². The standard InChI is InChI=1S/C16H26N2O/c1-14-4-2-5-15(12-14)18-9-7-17(8-10-18)13-16-6-3-11-19-16/h3,6,11,14-15H,2,4-5,7-10,12-13H2,1H3/p+2. The fourth-order valence-electron chi connectivity index (χ4n) is 3.97. The van der Waals surface area contributed by atoms with Crippen molar-refractivity contribution in [1.29, 1.82) is 0 Å². The molecule has 1 saturated carbocycles. The Morgan fingerprint density at radius 3 is 2.74 bits per heavy atom. The van der Waals surface area contributed by atoms with Crippen LogP contribution >= 0.6 is 0 Å². The molecule has 1 aliphatic heterocycles. The number of hydrogen-bond donors (Lipinski definition) is 2. The van der Waals surface area contributed by atoms with E-state index in [2.05, 4.69) is 13.0 Å². The molecule has 2 unspecified atom stereocenters. The van der Waals surface area contributed by atoms with Crippen molar-refractivity contribution in [2.75, 3.05) is 26.2 Å². The first-order valence-corrected chi connectivity index (χ1v) is 8.02. The molecular formula is C16H28N2O+2. The molecule has 0 spiro atoms. The molecule has 2 N–H and O–H groups in total. The second-order valence-corrected chi connectivity index (χ2v) is 6.63. The van der Waals surface area contributed by atoms with Crippen LogP contribution in [0.2, 0.25) is 0 Å². The zero-order valence-corrected chi connectivity index (χ0v) is 12.2. The van der Waals surface area contributed by atoms with Crippen LogP contribution in [0.4, 0.5) is 0 Å². The van der Waals surface area contributed by atoms with Gasteiger partial charge in [-0.15, -0.1) is 0 Å². The van der Waals surface area contributed by atoms with Crippen molar-refractivity contribution in [2.24, 2.45) is 5.92 Å². The van der Waals surface area contributed by atoms with Gasteiger partial charge in [0.25, 0.3) is 0 Å². The zero-order chi connectivity index (χ0) is 13.1. The Morgan fingerprint density at radius 2 is 2.05 bits per heavy atom. The normalized spacial score (nSPS) is 36.3. The van der Waals surface area contributed by atoms with Gasteiger partial charge in [0.1, 0.15) is 32.7 Å². The van der Waals surface area contributed by atoms with Crippen LogP contribution in [-0.4, -0.2) is 32.2 Å². The Kier molecular flexibility index (Phi) is 4.24. The Hall–Kier alpha value is -0.800. The molecule has 2 heterocycles. The van der Waals surface area contributed by atoms with Gasteiger partial charge in [-0.25, -0.2) is 0 Å². The summed E-state index contributed by atoms with van der Waals surface area (Å²) in [5, 5.41) is 0. The Labute approximate surface area is 116 Å². The third-order valence-electron chi connectivity index (χ3n) is 5.12. The maximum Gasteiger partial charge on any atom is 0.157 e. The number of hydrogen-bond acceptors (Lipinski definition) is 1. The lowest BCUT2D eigenvalue weighted by atomic mass is 9.86.